The number of rotatable bonds is 9. The molecule has 2 aromatic carbocycles. The molecule has 0 bridgehead atoms. The normalized spacial score (nSPS) is 11.2. The van der Waals surface area contributed by atoms with E-state index in [2.05, 4.69) is 5.32 Å². The highest BCUT2D eigenvalue weighted by atomic mass is 32.2. The number of benzene rings is 2. The van der Waals surface area contributed by atoms with Crippen LogP contribution in [0.4, 0.5) is 11.4 Å². The number of anilines is 2. The number of aliphatic hydroxyl groups is 1. The monoisotopic (exact) mass is 348 g/mol. The molecule has 0 heterocycles. The van der Waals surface area contributed by atoms with Gasteiger partial charge in [0.25, 0.3) is 10.0 Å². The minimum Gasteiger partial charge on any atom is -0.396 e. The molecule has 130 valence electrons. The maximum atomic E-state index is 12.8. The first-order valence-electron chi connectivity index (χ1n) is 8.04. The second kappa shape index (κ2) is 8.70. The summed E-state index contributed by atoms with van der Waals surface area (Å²) in [5.41, 5.74) is 1.40. The Morgan fingerprint density at radius 1 is 1.00 bits per heavy atom. The molecule has 5 nitrogen and oxygen atoms in total. The van der Waals surface area contributed by atoms with Crippen molar-refractivity contribution in [3.05, 3.63) is 54.6 Å². The van der Waals surface area contributed by atoms with Crippen LogP contribution in [0.15, 0.2) is 59.5 Å². The van der Waals surface area contributed by atoms with E-state index < -0.39 is 10.0 Å². The number of unbranched alkanes of at least 4 members (excludes halogenated alkanes) is 2. The quantitative estimate of drug-likeness (QED) is 0.683. The number of nitrogens with zero attached hydrogens (tertiary/aromatic N) is 1. The fourth-order valence-corrected chi connectivity index (χ4v) is 3.59. The largest absolute Gasteiger partial charge is 0.396 e. The second-order valence-corrected chi connectivity index (χ2v) is 7.52. The van der Waals surface area contributed by atoms with Crippen LogP contribution < -0.4 is 9.62 Å². The molecule has 0 aromatic heterocycles. The lowest BCUT2D eigenvalue weighted by atomic mass is 10.2. The first kappa shape index (κ1) is 18.3. The molecule has 6 heteroatoms. The Labute approximate surface area is 144 Å². The topological polar surface area (TPSA) is 69.6 Å². The van der Waals surface area contributed by atoms with Gasteiger partial charge in [-0.05, 0) is 49.6 Å². The van der Waals surface area contributed by atoms with E-state index in [9.17, 15) is 8.42 Å². The molecular formula is C18H24N2O3S. The van der Waals surface area contributed by atoms with Gasteiger partial charge in [0, 0.05) is 25.9 Å². The van der Waals surface area contributed by atoms with Gasteiger partial charge >= 0.3 is 0 Å². The summed E-state index contributed by atoms with van der Waals surface area (Å²) in [7, 11) is -2.04. The summed E-state index contributed by atoms with van der Waals surface area (Å²) in [5, 5.41) is 12.0. The number of para-hydroxylation sites is 1. The van der Waals surface area contributed by atoms with Gasteiger partial charge in [-0.2, -0.15) is 0 Å². The van der Waals surface area contributed by atoms with Crippen molar-refractivity contribution in [1.29, 1.82) is 0 Å². The van der Waals surface area contributed by atoms with Gasteiger partial charge in [-0.25, -0.2) is 8.42 Å². The molecule has 0 fully saturated rings. The third kappa shape index (κ3) is 4.72. The van der Waals surface area contributed by atoms with Crippen molar-refractivity contribution in [3.63, 3.8) is 0 Å². The predicted octanol–water partition coefficient (Wildman–Crippen LogP) is 3.09. The highest BCUT2D eigenvalue weighted by Gasteiger charge is 2.21. The average Bonchev–Trinajstić information content (AvgIpc) is 2.62. The minimum atomic E-state index is -3.59. The van der Waals surface area contributed by atoms with E-state index in [1.54, 1.807) is 37.4 Å². The van der Waals surface area contributed by atoms with Crippen molar-refractivity contribution in [1.82, 2.24) is 0 Å². The van der Waals surface area contributed by atoms with Crippen molar-refractivity contribution < 1.29 is 13.5 Å². The lowest BCUT2D eigenvalue weighted by Crippen LogP contribution is -2.26. The van der Waals surface area contributed by atoms with Crippen LogP contribution in [0.3, 0.4) is 0 Å². The molecule has 0 unspecified atom stereocenters. The van der Waals surface area contributed by atoms with Gasteiger partial charge in [0.15, 0.2) is 0 Å². The van der Waals surface area contributed by atoms with E-state index in [-0.39, 0.29) is 11.5 Å². The zero-order valence-electron chi connectivity index (χ0n) is 13.9. The Balaban J connectivity index is 2.09. The lowest BCUT2D eigenvalue weighted by molar-refractivity contribution is 0.283. The van der Waals surface area contributed by atoms with Crippen LogP contribution >= 0.6 is 0 Å². The number of hydrogen-bond donors (Lipinski definition) is 2. The maximum Gasteiger partial charge on any atom is 0.264 e. The molecule has 0 saturated heterocycles. The Hall–Kier alpha value is -2.05. The summed E-state index contributed by atoms with van der Waals surface area (Å²) < 4.78 is 26.8. The average molecular weight is 348 g/mol. The van der Waals surface area contributed by atoms with Crippen molar-refractivity contribution in [2.75, 3.05) is 29.8 Å². The molecule has 24 heavy (non-hydrogen) atoms. The molecule has 0 saturated carbocycles. The summed E-state index contributed by atoms with van der Waals surface area (Å²) in [5.74, 6) is 0. The van der Waals surface area contributed by atoms with Gasteiger partial charge in [-0.1, -0.05) is 24.3 Å². The maximum absolute atomic E-state index is 12.8. The zero-order valence-corrected chi connectivity index (χ0v) is 14.7. The Bertz CT molecular complexity index is 733. The Morgan fingerprint density at radius 3 is 2.46 bits per heavy atom. The number of hydrogen-bond acceptors (Lipinski definition) is 4. The van der Waals surface area contributed by atoms with Gasteiger partial charge in [0.2, 0.25) is 0 Å². The van der Waals surface area contributed by atoms with E-state index >= 15 is 0 Å². The van der Waals surface area contributed by atoms with Crippen LogP contribution in [-0.2, 0) is 10.0 Å². The van der Waals surface area contributed by atoms with Gasteiger partial charge in [0.1, 0.15) is 0 Å². The highest BCUT2D eigenvalue weighted by molar-refractivity contribution is 7.92. The van der Waals surface area contributed by atoms with Crippen molar-refractivity contribution >= 4 is 21.4 Å². The van der Waals surface area contributed by atoms with Crippen LogP contribution in [0.5, 0.6) is 0 Å². The Kier molecular flexibility index (Phi) is 6.63. The van der Waals surface area contributed by atoms with Crippen LogP contribution in [0.2, 0.25) is 0 Å². The van der Waals surface area contributed by atoms with E-state index in [0.717, 1.165) is 31.5 Å². The first-order chi connectivity index (χ1) is 11.6. The van der Waals surface area contributed by atoms with Crippen molar-refractivity contribution in [3.8, 4) is 0 Å². The molecule has 0 aliphatic carbocycles. The van der Waals surface area contributed by atoms with Gasteiger partial charge in [-0.3, -0.25) is 4.31 Å². The molecule has 0 aliphatic rings. The highest BCUT2D eigenvalue weighted by Crippen LogP contribution is 2.23. The molecule has 2 rings (SSSR count). The van der Waals surface area contributed by atoms with E-state index in [1.807, 2.05) is 24.3 Å². The fraction of sp³-hybridized carbons (Fsp3) is 0.333. The summed E-state index contributed by atoms with van der Waals surface area (Å²) >= 11 is 0. The molecule has 0 amide bonds. The standard InChI is InChI=1S/C18H24N2O3S/c1-20(17-10-4-2-5-11-17)24(22,23)18-12-8-9-16(15-18)19-13-6-3-7-14-21/h2,4-5,8-12,15,19,21H,3,6-7,13-14H2,1H3. The molecule has 0 spiro atoms. The van der Waals surface area contributed by atoms with Crippen LogP contribution in [0, 0.1) is 0 Å². The van der Waals surface area contributed by atoms with Gasteiger partial charge < -0.3 is 10.4 Å². The lowest BCUT2D eigenvalue weighted by Gasteiger charge is -2.20. The van der Waals surface area contributed by atoms with Gasteiger partial charge in [-0.15, -0.1) is 0 Å². The number of aliphatic hydroxyl groups excluding tert-OH is 1. The summed E-state index contributed by atoms with van der Waals surface area (Å²) in [6, 6.07) is 15.9. The summed E-state index contributed by atoms with van der Waals surface area (Å²) in [4.78, 5) is 0.259. The third-order valence-electron chi connectivity index (χ3n) is 3.78. The second-order valence-electron chi connectivity index (χ2n) is 5.55. The predicted molar refractivity (Wildman–Crippen MR) is 97.9 cm³/mol. The van der Waals surface area contributed by atoms with Crippen LogP contribution in [0.1, 0.15) is 19.3 Å². The smallest absolute Gasteiger partial charge is 0.264 e. The minimum absolute atomic E-state index is 0.208. The van der Waals surface area contributed by atoms with E-state index in [1.165, 1.54) is 4.31 Å². The number of nitrogens with one attached hydrogen (secondary N) is 1. The molecule has 0 radical (unpaired) electrons. The van der Waals surface area contributed by atoms with Crippen molar-refractivity contribution in [2.45, 2.75) is 24.2 Å². The van der Waals surface area contributed by atoms with E-state index in [4.69, 9.17) is 5.11 Å². The summed E-state index contributed by atoms with van der Waals surface area (Å²) in [6.07, 6.45) is 2.66. The van der Waals surface area contributed by atoms with Crippen LogP contribution in [0.25, 0.3) is 0 Å². The Morgan fingerprint density at radius 2 is 1.75 bits per heavy atom. The molecule has 0 aliphatic heterocycles. The first-order valence-corrected chi connectivity index (χ1v) is 9.48. The van der Waals surface area contributed by atoms with Crippen molar-refractivity contribution in [2.24, 2.45) is 0 Å². The zero-order chi connectivity index (χ0) is 17.4. The SMILES string of the molecule is CN(c1ccccc1)S(=O)(=O)c1cccc(NCCCCCO)c1. The number of sulfonamides is 1. The summed E-state index contributed by atoms with van der Waals surface area (Å²) in [6.45, 7) is 0.956. The molecule has 2 N–H and O–H groups in total. The van der Waals surface area contributed by atoms with Gasteiger partial charge in [0.05, 0.1) is 10.6 Å². The third-order valence-corrected chi connectivity index (χ3v) is 5.56. The van der Waals surface area contributed by atoms with E-state index in [0.29, 0.717) is 5.69 Å². The fourth-order valence-electron chi connectivity index (χ4n) is 2.35. The molecular weight excluding hydrogens is 324 g/mol. The molecule has 2 aromatic rings. The molecule has 0 atom stereocenters. The van der Waals surface area contributed by atoms with Crippen LogP contribution in [-0.4, -0.2) is 33.7 Å².